The molecule has 1 fully saturated rings. The van der Waals surface area contributed by atoms with Crippen molar-refractivity contribution in [2.24, 2.45) is 0 Å². The minimum absolute atomic E-state index is 0.0833. The number of ether oxygens (including phenoxy) is 3. The molecular formula is C22H26N2O6S. The third-order valence-electron chi connectivity index (χ3n) is 5.46. The lowest BCUT2D eigenvalue weighted by atomic mass is 10.2. The van der Waals surface area contributed by atoms with Gasteiger partial charge >= 0.3 is 0 Å². The third kappa shape index (κ3) is 5.00. The molecule has 166 valence electrons. The molecule has 0 unspecified atom stereocenters. The van der Waals surface area contributed by atoms with Gasteiger partial charge in [0.25, 0.3) is 0 Å². The monoisotopic (exact) mass is 446 g/mol. The normalized spacial score (nSPS) is 16.9. The van der Waals surface area contributed by atoms with Crippen molar-refractivity contribution in [1.82, 2.24) is 9.21 Å². The maximum absolute atomic E-state index is 12.9. The second kappa shape index (κ2) is 9.25. The molecule has 0 N–H and O–H groups in total. The van der Waals surface area contributed by atoms with E-state index in [1.807, 2.05) is 18.2 Å². The topological polar surface area (TPSA) is 85.4 Å². The highest BCUT2D eigenvalue weighted by molar-refractivity contribution is 7.89. The molecule has 0 radical (unpaired) electrons. The van der Waals surface area contributed by atoms with Crippen molar-refractivity contribution in [2.45, 2.75) is 18.2 Å². The second-order valence-corrected chi connectivity index (χ2v) is 9.48. The zero-order valence-corrected chi connectivity index (χ0v) is 18.3. The minimum atomic E-state index is -3.55. The molecule has 0 amide bonds. The van der Waals surface area contributed by atoms with Crippen LogP contribution in [0.1, 0.15) is 23.7 Å². The van der Waals surface area contributed by atoms with Crippen LogP contribution in [-0.2, 0) is 10.0 Å². The van der Waals surface area contributed by atoms with Crippen LogP contribution >= 0.6 is 0 Å². The largest absolute Gasteiger partial charge is 0.493 e. The first-order chi connectivity index (χ1) is 14.9. The van der Waals surface area contributed by atoms with Gasteiger partial charge in [0.05, 0.1) is 11.5 Å². The van der Waals surface area contributed by atoms with Gasteiger partial charge in [-0.25, -0.2) is 8.42 Å². The summed E-state index contributed by atoms with van der Waals surface area (Å²) in [5.74, 6) is 2.09. The first-order valence-electron chi connectivity index (χ1n) is 10.3. The highest BCUT2D eigenvalue weighted by Gasteiger charge is 2.28. The quantitative estimate of drug-likeness (QED) is 0.455. The number of Topliss-reactive ketones (excluding diaryl/α,β-unsaturated/α-hetero) is 1. The molecule has 31 heavy (non-hydrogen) atoms. The molecule has 0 spiro atoms. The summed E-state index contributed by atoms with van der Waals surface area (Å²) in [6.07, 6.45) is 0.841. The number of carbonyl (C=O) groups excluding carboxylic acids is 1. The van der Waals surface area contributed by atoms with Gasteiger partial charge < -0.3 is 19.1 Å². The van der Waals surface area contributed by atoms with Gasteiger partial charge in [0.15, 0.2) is 17.3 Å². The van der Waals surface area contributed by atoms with Gasteiger partial charge in [-0.15, -0.1) is 0 Å². The van der Waals surface area contributed by atoms with Crippen molar-refractivity contribution < 1.29 is 27.4 Å². The number of fused-ring (bicyclic) bond motifs is 1. The van der Waals surface area contributed by atoms with Crippen LogP contribution in [0.3, 0.4) is 0 Å². The molecule has 0 aromatic heterocycles. The van der Waals surface area contributed by atoms with Crippen LogP contribution < -0.4 is 14.2 Å². The molecule has 2 aromatic rings. The lowest BCUT2D eigenvalue weighted by Crippen LogP contribution is -2.48. The van der Waals surface area contributed by atoms with Crippen LogP contribution in [0.15, 0.2) is 47.4 Å². The number of rotatable bonds is 8. The van der Waals surface area contributed by atoms with Crippen LogP contribution in [0.2, 0.25) is 0 Å². The van der Waals surface area contributed by atoms with Crippen LogP contribution in [0.4, 0.5) is 0 Å². The summed E-state index contributed by atoms with van der Waals surface area (Å²) in [5, 5.41) is 0. The van der Waals surface area contributed by atoms with Gasteiger partial charge in [-0.2, -0.15) is 4.31 Å². The Morgan fingerprint density at radius 3 is 2.42 bits per heavy atom. The number of hydrogen-bond acceptors (Lipinski definition) is 7. The number of hydrogen-bond donors (Lipinski definition) is 0. The summed E-state index contributed by atoms with van der Waals surface area (Å²) in [6, 6.07) is 11.7. The molecule has 2 aliphatic heterocycles. The number of nitrogens with zero attached hydrogens (tertiary/aromatic N) is 2. The molecule has 8 nitrogen and oxygen atoms in total. The van der Waals surface area contributed by atoms with E-state index in [9.17, 15) is 13.2 Å². The van der Waals surface area contributed by atoms with Gasteiger partial charge in [0.1, 0.15) is 5.75 Å². The summed E-state index contributed by atoms with van der Waals surface area (Å²) in [7, 11) is -3.55. The van der Waals surface area contributed by atoms with E-state index in [1.165, 1.54) is 23.4 Å². The van der Waals surface area contributed by atoms with Crippen molar-refractivity contribution in [3.05, 3.63) is 48.0 Å². The smallest absolute Gasteiger partial charge is 0.243 e. The van der Waals surface area contributed by atoms with Crippen LogP contribution in [-0.4, -0.2) is 69.5 Å². The third-order valence-corrected chi connectivity index (χ3v) is 7.37. The second-order valence-electron chi connectivity index (χ2n) is 7.54. The lowest BCUT2D eigenvalue weighted by Gasteiger charge is -2.34. The highest BCUT2D eigenvalue weighted by atomic mass is 32.2. The molecule has 4 rings (SSSR count). The van der Waals surface area contributed by atoms with Crippen molar-refractivity contribution in [2.75, 3.05) is 46.1 Å². The Morgan fingerprint density at radius 1 is 1.00 bits per heavy atom. The average Bonchev–Trinajstić information content (AvgIpc) is 3.25. The summed E-state index contributed by atoms with van der Waals surface area (Å²) in [6.45, 7) is 5.35. The Hall–Kier alpha value is -2.62. The first-order valence-corrected chi connectivity index (χ1v) is 11.7. The number of piperazine rings is 1. The van der Waals surface area contributed by atoms with Gasteiger partial charge in [0, 0.05) is 44.4 Å². The predicted octanol–water partition coefficient (Wildman–Crippen LogP) is 2.39. The van der Waals surface area contributed by atoms with Crippen molar-refractivity contribution in [1.29, 1.82) is 0 Å². The number of ketones is 1. The number of carbonyl (C=O) groups is 1. The fraction of sp³-hybridized carbons (Fsp3) is 0.409. The molecular weight excluding hydrogens is 420 g/mol. The zero-order chi connectivity index (χ0) is 21.8. The Morgan fingerprint density at radius 2 is 1.71 bits per heavy atom. The SMILES string of the molecule is CC(=O)c1ccc(S(=O)(=O)N2CCN(CCCOc3ccc4c(c3)OCO4)CC2)cc1. The van der Waals surface area contributed by atoms with Gasteiger partial charge in [0.2, 0.25) is 16.8 Å². The van der Waals surface area contributed by atoms with Crippen LogP contribution in [0.5, 0.6) is 17.2 Å². The van der Waals surface area contributed by atoms with E-state index in [2.05, 4.69) is 4.90 Å². The molecule has 1 saturated heterocycles. The van der Waals surface area contributed by atoms with E-state index in [4.69, 9.17) is 14.2 Å². The number of benzene rings is 2. The predicted molar refractivity (Wildman–Crippen MR) is 114 cm³/mol. The van der Waals surface area contributed by atoms with E-state index >= 15 is 0 Å². The lowest BCUT2D eigenvalue weighted by molar-refractivity contribution is 0.101. The van der Waals surface area contributed by atoms with Crippen LogP contribution in [0.25, 0.3) is 0 Å². The van der Waals surface area contributed by atoms with E-state index in [1.54, 1.807) is 12.1 Å². The van der Waals surface area contributed by atoms with Gasteiger partial charge in [-0.05, 0) is 37.6 Å². The van der Waals surface area contributed by atoms with Crippen molar-refractivity contribution in [3.63, 3.8) is 0 Å². The summed E-state index contributed by atoms with van der Waals surface area (Å²) in [5.41, 5.74) is 0.506. The molecule has 0 bridgehead atoms. The Kier molecular flexibility index (Phi) is 6.45. The van der Waals surface area contributed by atoms with Crippen molar-refractivity contribution in [3.8, 4) is 17.2 Å². The summed E-state index contributed by atoms with van der Waals surface area (Å²) >= 11 is 0. The fourth-order valence-electron chi connectivity index (χ4n) is 3.65. The zero-order valence-electron chi connectivity index (χ0n) is 17.5. The average molecular weight is 447 g/mol. The summed E-state index contributed by atoms with van der Waals surface area (Å²) in [4.78, 5) is 13.9. The molecule has 0 atom stereocenters. The van der Waals surface area contributed by atoms with Gasteiger partial charge in [-0.3, -0.25) is 4.79 Å². The minimum Gasteiger partial charge on any atom is -0.493 e. The fourth-order valence-corrected chi connectivity index (χ4v) is 5.07. The van der Waals surface area contributed by atoms with E-state index in [-0.39, 0.29) is 17.5 Å². The molecule has 2 aromatic carbocycles. The van der Waals surface area contributed by atoms with E-state index in [0.717, 1.165) is 24.5 Å². The van der Waals surface area contributed by atoms with E-state index < -0.39 is 10.0 Å². The summed E-state index contributed by atoms with van der Waals surface area (Å²) < 4.78 is 43.6. The molecule has 0 aliphatic carbocycles. The van der Waals surface area contributed by atoms with E-state index in [0.29, 0.717) is 44.1 Å². The molecule has 0 saturated carbocycles. The van der Waals surface area contributed by atoms with Crippen molar-refractivity contribution >= 4 is 15.8 Å². The van der Waals surface area contributed by atoms with Gasteiger partial charge in [-0.1, -0.05) is 12.1 Å². The Labute approximate surface area is 182 Å². The number of sulfonamides is 1. The standard InChI is InChI=1S/C22H26N2O6S/c1-17(25)18-3-6-20(7-4-18)31(26,27)24-12-10-23(11-13-24)9-2-14-28-19-5-8-21-22(15-19)30-16-29-21/h3-8,15H,2,9-14,16H2,1H3. The van der Waals surface area contributed by atoms with Crippen LogP contribution in [0, 0.1) is 0 Å². The Bertz CT molecular complexity index is 1030. The Balaban J connectivity index is 1.21. The highest BCUT2D eigenvalue weighted by Crippen LogP contribution is 2.35. The first kappa shape index (κ1) is 21.6. The molecule has 9 heteroatoms. The maximum Gasteiger partial charge on any atom is 0.243 e. The maximum atomic E-state index is 12.9. The molecule has 2 aliphatic rings. The molecule has 2 heterocycles.